The summed E-state index contributed by atoms with van der Waals surface area (Å²) in [4.78, 5) is 0.809. The molecule has 4 heteroatoms. The van der Waals surface area contributed by atoms with Gasteiger partial charge in [0, 0.05) is 16.1 Å². The normalized spacial score (nSPS) is 15.2. The Balaban J connectivity index is 2.26. The van der Waals surface area contributed by atoms with Crippen molar-refractivity contribution in [3.63, 3.8) is 0 Å². The smallest absolute Gasteiger partial charge is 0.115 e. The van der Waals surface area contributed by atoms with Crippen LogP contribution in [0.1, 0.15) is 11.0 Å². The molecule has 3 nitrogen and oxygen atoms in total. The second-order valence-corrected chi connectivity index (χ2v) is 4.87. The first-order chi connectivity index (χ1) is 7.72. The minimum absolute atomic E-state index is 0.384. The van der Waals surface area contributed by atoms with Crippen LogP contribution in [0, 0.1) is 0 Å². The summed E-state index contributed by atoms with van der Waals surface area (Å²) >= 11 is 1.52. The molecule has 0 radical (unpaired) electrons. The van der Waals surface area contributed by atoms with Crippen molar-refractivity contribution < 1.29 is 10.2 Å². The average molecular weight is 237 g/mol. The van der Waals surface area contributed by atoms with Crippen LogP contribution in [0.25, 0.3) is 10.1 Å². The predicted octanol–water partition coefficient (Wildman–Crippen LogP) is 1.51. The van der Waals surface area contributed by atoms with E-state index in [2.05, 4.69) is 5.32 Å². The number of nitrogens with one attached hydrogen (secondary N) is 1. The van der Waals surface area contributed by atoms with Crippen molar-refractivity contribution in [2.24, 2.45) is 0 Å². The fourth-order valence-corrected chi connectivity index (χ4v) is 2.77. The van der Waals surface area contributed by atoms with Crippen molar-refractivity contribution in [2.75, 3.05) is 13.6 Å². The third kappa shape index (κ3) is 2.25. The molecule has 3 N–H and O–H groups in total. The molecule has 2 rings (SSSR count). The zero-order valence-corrected chi connectivity index (χ0v) is 9.87. The van der Waals surface area contributed by atoms with Gasteiger partial charge in [0.2, 0.25) is 0 Å². The van der Waals surface area contributed by atoms with Crippen molar-refractivity contribution >= 4 is 21.4 Å². The Kier molecular flexibility index (Phi) is 3.56. The van der Waals surface area contributed by atoms with E-state index in [4.69, 9.17) is 0 Å². The van der Waals surface area contributed by atoms with Crippen LogP contribution in [0.15, 0.2) is 30.3 Å². The van der Waals surface area contributed by atoms with Crippen LogP contribution < -0.4 is 5.32 Å². The van der Waals surface area contributed by atoms with Crippen molar-refractivity contribution in [1.29, 1.82) is 0 Å². The van der Waals surface area contributed by atoms with Crippen LogP contribution >= 0.6 is 11.3 Å². The summed E-state index contributed by atoms with van der Waals surface area (Å²) in [6.45, 7) is 0.384. The summed E-state index contributed by atoms with van der Waals surface area (Å²) in [6, 6.07) is 9.89. The minimum atomic E-state index is -0.815. The van der Waals surface area contributed by atoms with E-state index in [-0.39, 0.29) is 0 Å². The number of benzene rings is 1. The van der Waals surface area contributed by atoms with Crippen LogP contribution in [0.2, 0.25) is 0 Å². The van der Waals surface area contributed by atoms with Gasteiger partial charge in [0.25, 0.3) is 0 Å². The lowest BCUT2D eigenvalue weighted by molar-refractivity contribution is 0.0224. The lowest BCUT2D eigenvalue weighted by Gasteiger charge is -2.15. The molecule has 2 aromatic rings. The zero-order chi connectivity index (χ0) is 11.5. The number of likely N-dealkylation sites (N-methyl/N-ethyl adjacent to an activating group) is 1. The van der Waals surface area contributed by atoms with Gasteiger partial charge in [-0.05, 0) is 24.6 Å². The summed E-state index contributed by atoms with van der Waals surface area (Å²) in [7, 11) is 1.75. The molecule has 86 valence electrons. The van der Waals surface area contributed by atoms with Crippen LogP contribution in [-0.4, -0.2) is 29.9 Å². The molecule has 0 saturated carbocycles. The van der Waals surface area contributed by atoms with E-state index < -0.39 is 12.2 Å². The molecule has 1 aromatic heterocycles. The molecule has 0 fully saturated rings. The molecule has 0 aliphatic rings. The Labute approximate surface area is 98.4 Å². The molecule has 0 saturated heterocycles. The van der Waals surface area contributed by atoms with Gasteiger partial charge < -0.3 is 15.5 Å². The maximum atomic E-state index is 9.94. The molecule has 0 aliphatic heterocycles. The van der Waals surface area contributed by atoms with E-state index in [1.807, 2.05) is 30.3 Å². The SMILES string of the molecule is CNCC(O)C(O)c1cc2ccccc2s1. The van der Waals surface area contributed by atoms with Gasteiger partial charge in [0.15, 0.2) is 0 Å². The highest BCUT2D eigenvalue weighted by atomic mass is 32.1. The molecule has 0 bridgehead atoms. The van der Waals surface area contributed by atoms with Gasteiger partial charge in [0.05, 0.1) is 6.10 Å². The summed E-state index contributed by atoms with van der Waals surface area (Å²) in [5.74, 6) is 0. The molecule has 0 amide bonds. The Morgan fingerprint density at radius 3 is 2.75 bits per heavy atom. The third-order valence-electron chi connectivity index (χ3n) is 2.51. The fraction of sp³-hybridized carbons (Fsp3) is 0.333. The topological polar surface area (TPSA) is 52.5 Å². The molecule has 2 unspecified atom stereocenters. The maximum absolute atomic E-state index is 9.94. The number of rotatable bonds is 4. The molecule has 1 aromatic carbocycles. The Hall–Kier alpha value is -0.940. The maximum Gasteiger partial charge on any atom is 0.115 e. The largest absolute Gasteiger partial charge is 0.389 e. The second-order valence-electron chi connectivity index (χ2n) is 3.76. The van der Waals surface area contributed by atoms with Crippen LogP contribution in [0.3, 0.4) is 0 Å². The average Bonchev–Trinajstić information content (AvgIpc) is 2.71. The van der Waals surface area contributed by atoms with E-state index in [1.165, 1.54) is 11.3 Å². The molecule has 0 spiro atoms. The minimum Gasteiger partial charge on any atom is -0.389 e. The summed E-state index contributed by atoms with van der Waals surface area (Å²) in [6.07, 6.45) is -1.58. The quantitative estimate of drug-likeness (QED) is 0.755. The first-order valence-corrected chi connectivity index (χ1v) is 6.03. The standard InChI is InChI=1S/C12H15NO2S/c1-13-7-9(14)12(15)11-6-8-4-2-3-5-10(8)16-11/h2-6,9,12-15H,7H2,1H3. The van der Waals surface area contributed by atoms with Gasteiger partial charge in [-0.2, -0.15) is 0 Å². The Bertz CT molecular complexity index is 436. The van der Waals surface area contributed by atoms with E-state index in [0.29, 0.717) is 6.54 Å². The van der Waals surface area contributed by atoms with E-state index in [1.54, 1.807) is 7.05 Å². The van der Waals surface area contributed by atoms with Gasteiger partial charge in [0.1, 0.15) is 6.10 Å². The van der Waals surface area contributed by atoms with E-state index in [0.717, 1.165) is 15.0 Å². The van der Waals surface area contributed by atoms with Crippen LogP contribution in [0.5, 0.6) is 0 Å². The molecular weight excluding hydrogens is 222 g/mol. The van der Waals surface area contributed by atoms with E-state index >= 15 is 0 Å². The van der Waals surface area contributed by atoms with Crippen molar-refractivity contribution in [3.05, 3.63) is 35.2 Å². The first-order valence-electron chi connectivity index (χ1n) is 5.21. The number of thiophene rings is 1. The van der Waals surface area contributed by atoms with Gasteiger partial charge in [-0.25, -0.2) is 0 Å². The second kappa shape index (κ2) is 4.93. The molecule has 0 aliphatic carbocycles. The van der Waals surface area contributed by atoms with E-state index in [9.17, 15) is 10.2 Å². The monoisotopic (exact) mass is 237 g/mol. The predicted molar refractivity (Wildman–Crippen MR) is 66.7 cm³/mol. The van der Waals surface area contributed by atoms with Crippen molar-refractivity contribution in [1.82, 2.24) is 5.32 Å². The van der Waals surface area contributed by atoms with Crippen molar-refractivity contribution in [3.8, 4) is 0 Å². The highest BCUT2D eigenvalue weighted by Crippen LogP contribution is 2.30. The van der Waals surface area contributed by atoms with Gasteiger partial charge in [-0.1, -0.05) is 18.2 Å². The molecule has 2 atom stereocenters. The van der Waals surface area contributed by atoms with Crippen LogP contribution in [0.4, 0.5) is 0 Å². The highest BCUT2D eigenvalue weighted by molar-refractivity contribution is 7.19. The third-order valence-corrected chi connectivity index (χ3v) is 3.70. The fourth-order valence-electron chi connectivity index (χ4n) is 1.66. The Morgan fingerprint density at radius 1 is 1.31 bits per heavy atom. The zero-order valence-electron chi connectivity index (χ0n) is 9.05. The Morgan fingerprint density at radius 2 is 2.06 bits per heavy atom. The molecular formula is C12H15NO2S. The summed E-state index contributed by atoms with van der Waals surface area (Å²) < 4.78 is 1.13. The van der Waals surface area contributed by atoms with Crippen LogP contribution in [-0.2, 0) is 0 Å². The number of aliphatic hydroxyl groups is 2. The molecule has 1 heterocycles. The van der Waals surface area contributed by atoms with Crippen molar-refractivity contribution in [2.45, 2.75) is 12.2 Å². The summed E-state index contributed by atoms with van der Waals surface area (Å²) in [5, 5.41) is 23.6. The lowest BCUT2D eigenvalue weighted by atomic mass is 10.1. The van der Waals surface area contributed by atoms with Gasteiger partial charge in [-0.15, -0.1) is 11.3 Å². The van der Waals surface area contributed by atoms with Gasteiger partial charge >= 0.3 is 0 Å². The number of hydrogen-bond acceptors (Lipinski definition) is 4. The highest BCUT2D eigenvalue weighted by Gasteiger charge is 2.19. The van der Waals surface area contributed by atoms with Gasteiger partial charge in [-0.3, -0.25) is 0 Å². The number of fused-ring (bicyclic) bond motifs is 1. The first kappa shape index (κ1) is 11.5. The molecule has 16 heavy (non-hydrogen) atoms. The number of aliphatic hydroxyl groups excluding tert-OH is 2. The lowest BCUT2D eigenvalue weighted by Crippen LogP contribution is -2.29. The summed E-state index contributed by atoms with van der Waals surface area (Å²) in [5.41, 5.74) is 0. The number of hydrogen-bond donors (Lipinski definition) is 3.